The number of nitrogens with zero attached hydrogens (tertiary/aromatic N) is 3. The number of anilines is 1. The lowest BCUT2D eigenvalue weighted by Crippen LogP contribution is -2.26. The van der Waals surface area contributed by atoms with Gasteiger partial charge in [-0.25, -0.2) is 4.99 Å². The van der Waals surface area contributed by atoms with Gasteiger partial charge in [0, 0.05) is 48.1 Å². The van der Waals surface area contributed by atoms with Crippen LogP contribution in [0.25, 0.3) is 16.6 Å². The molecule has 4 rings (SSSR count). The Morgan fingerprint density at radius 2 is 2.09 bits per heavy atom. The molecule has 0 amide bonds. The van der Waals surface area contributed by atoms with E-state index in [1.807, 2.05) is 66.7 Å². The van der Waals surface area contributed by atoms with Gasteiger partial charge in [-0.2, -0.15) is 5.10 Å². The normalized spacial score (nSPS) is 13.9. The third kappa shape index (κ3) is 4.91. The van der Waals surface area contributed by atoms with Crippen LogP contribution in [0.5, 0.6) is 11.5 Å². The number of aliphatic imine (C=N–C) groups is 1. The summed E-state index contributed by atoms with van der Waals surface area (Å²) in [5.41, 5.74) is 4.18. The summed E-state index contributed by atoms with van der Waals surface area (Å²) < 4.78 is 11.2. The zero-order chi connectivity index (χ0) is 23.2. The minimum Gasteiger partial charge on any atom is -0.493 e. The van der Waals surface area contributed by atoms with E-state index < -0.39 is 0 Å². The molecule has 2 heterocycles. The lowest BCUT2D eigenvalue weighted by atomic mass is 10.1. The fourth-order valence-corrected chi connectivity index (χ4v) is 3.42. The maximum atomic E-state index is 8.97. The quantitative estimate of drug-likeness (QED) is 0.442. The summed E-state index contributed by atoms with van der Waals surface area (Å²) in [5, 5.41) is 20.5. The Morgan fingerprint density at radius 3 is 2.88 bits per heavy atom. The first-order valence-corrected chi connectivity index (χ1v) is 10.7. The second-order valence-electron chi connectivity index (χ2n) is 7.40. The molecule has 1 aliphatic rings. The Labute approximate surface area is 192 Å². The van der Waals surface area contributed by atoms with Crippen molar-refractivity contribution in [3.05, 3.63) is 78.9 Å². The van der Waals surface area contributed by atoms with Crippen LogP contribution < -0.4 is 14.8 Å². The van der Waals surface area contributed by atoms with E-state index >= 15 is 0 Å². The fraction of sp³-hybridized carbons (Fsp3) is 0.200. The standard InChI is InChI=1S/C25H27N5O3/c1-4-10-30-16-22(18-6-7-19-15-26-29-21(19)13-18)28-25(17(30)2)27-20-8-9-23(24(14-20)32-3)33-12-5-11-31/h4,6-10,13-16,31H,2,5,11-12H2,1,3H3,(H,26,29)(H,27,28)/b10-4-. The van der Waals surface area contributed by atoms with Gasteiger partial charge in [-0.3, -0.25) is 5.10 Å². The molecule has 0 spiro atoms. The molecule has 170 valence electrons. The van der Waals surface area contributed by atoms with E-state index in [1.165, 1.54) is 0 Å². The fourth-order valence-electron chi connectivity index (χ4n) is 3.42. The number of methoxy groups -OCH3 is 1. The van der Waals surface area contributed by atoms with Gasteiger partial charge < -0.3 is 24.8 Å². The molecule has 0 aliphatic carbocycles. The highest BCUT2D eigenvalue weighted by Crippen LogP contribution is 2.32. The van der Waals surface area contributed by atoms with E-state index in [1.54, 1.807) is 13.3 Å². The Balaban J connectivity index is 1.63. The van der Waals surface area contributed by atoms with Crippen LogP contribution in [0.15, 0.2) is 78.3 Å². The first kappa shape index (κ1) is 22.2. The monoisotopic (exact) mass is 445 g/mol. The van der Waals surface area contributed by atoms with Gasteiger partial charge in [-0.15, -0.1) is 0 Å². The van der Waals surface area contributed by atoms with Crippen LogP contribution in [0.2, 0.25) is 0 Å². The Bertz CT molecular complexity index is 1240. The Morgan fingerprint density at radius 1 is 1.21 bits per heavy atom. The molecule has 0 unspecified atom stereocenters. The highest BCUT2D eigenvalue weighted by molar-refractivity contribution is 6.11. The highest BCUT2D eigenvalue weighted by atomic mass is 16.5. The summed E-state index contributed by atoms with van der Waals surface area (Å²) in [6, 6.07) is 11.6. The van der Waals surface area contributed by atoms with Crippen LogP contribution >= 0.6 is 0 Å². The van der Waals surface area contributed by atoms with Crippen LogP contribution in [-0.4, -0.2) is 46.4 Å². The van der Waals surface area contributed by atoms with Crippen molar-refractivity contribution in [2.45, 2.75) is 13.3 Å². The average molecular weight is 446 g/mol. The van der Waals surface area contributed by atoms with E-state index in [-0.39, 0.29) is 6.61 Å². The zero-order valence-electron chi connectivity index (χ0n) is 18.7. The number of benzene rings is 2. The predicted molar refractivity (Wildman–Crippen MR) is 131 cm³/mol. The summed E-state index contributed by atoms with van der Waals surface area (Å²) in [5.74, 6) is 1.82. The average Bonchev–Trinajstić information content (AvgIpc) is 3.30. The lowest BCUT2D eigenvalue weighted by molar-refractivity contribution is 0.228. The molecule has 3 aromatic rings. The minimum absolute atomic E-state index is 0.0791. The van der Waals surface area contributed by atoms with Crippen molar-refractivity contribution in [2.75, 3.05) is 25.6 Å². The van der Waals surface area contributed by atoms with Gasteiger partial charge in [0.05, 0.1) is 36.8 Å². The summed E-state index contributed by atoms with van der Waals surface area (Å²) >= 11 is 0. The van der Waals surface area contributed by atoms with Crippen molar-refractivity contribution in [1.29, 1.82) is 0 Å². The first-order chi connectivity index (χ1) is 16.1. The zero-order valence-corrected chi connectivity index (χ0v) is 18.7. The number of ether oxygens (including phenoxy) is 2. The number of fused-ring (bicyclic) bond motifs is 1. The number of amidine groups is 1. The molecule has 0 radical (unpaired) electrons. The van der Waals surface area contributed by atoms with E-state index in [0.717, 1.165) is 27.9 Å². The summed E-state index contributed by atoms with van der Waals surface area (Å²) in [7, 11) is 1.59. The number of hydrogen-bond acceptors (Lipinski definition) is 7. The van der Waals surface area contributed by atoms with Crippen LogP contribution in [-0.2, 0) is 0 Å². The molecule has 0 atom stereocenters. The molecule has 0 bridgehead atoms. The van der Waals surface area contributed by atoms with Crippen molar-refractivity contribution in [3.8, 4) is 11.5 Å². The van der Waals surface area contributed by atoms with Gasteiger partial charge in [0.25, 0.3) is 0 Å². The number of nitrogens with one attached hydrogen (secondary N) is 2. The summed E-state index contributed by atoms with van der Waals surface area (Å²) in [6.45, 7) is 6.66. The second-order valence-corrected chi connectivity index (χ2v) is 7.40. The van der Waals surface area contributed by atoms with Gasteiger partial charge in [0.2, 0.25) is 0 Å². The molecule has 3 N–H and O–H groups in total. The molecule has 8 heteroatoms. The van der Waals surface area contributed by atoms with Crippen molar-refractivity contribution < 1.29 is 14.6 Å². The number of aromatic amines is 1. The maximum absolute atomic E-state index is 8.97. The first-order valence-electron chi connectivity index (χ1n) is 10.7. The SMILES string of the molecule is C=C1C(Nc2ccc(OCCCO)c(OC)c2)=NC(c2ccc3cn[nH]c3c2)=CN1/C=C\C. The molecular formula is C25H27N5O3. The minimum atomic E-state index is 0.0791. The molecule has 0 saturated heterocycles. The Hall–Kier alpha value is -4.04. The molecule has 8 nitrogen and oxygen atoms in total. The van der Waals surface area contributed by atoms with Crippen LogP contribution in [0.1, 0.15) is 18.9 Å². The lowest BCUT2D eigenvalue weighted by Gasteiger charge is -2.26. The van der Waals surface area contributed by atoms with E-state index in [4.69, 9.17) is 19.6 Å². The summed E-state index contributed by atoms with van der Waals surface area (Å²) in [6.07, 6.45) is 8.18. The van der Waals surface area contributed by atoms with Gasteiger partial charge in [-0.05, 0) is 25.1 Å². The third-order valence-electron chi connectivity index (χ3n) is 5.11. The van der Waals surface area contributed by atoms with Crippen LogP contribution in [0.3, 0.4) is 0 Å². The molecular weight excluding hydrogens is 418 g/mol. The largest absolute Gasteiger partial charge is 0.493 e. The topological polar surface area (TPSA) is 95.0 Å². The number of aliphatic hydroxyl groups excluding tert-OH is 1. The van der Waals surface area contributed by atoms with Crippen molar-refractivity contribution in [3.63, 3.8) is 0 Å². The molecule has 0 saturated carbocycles. The van der Waals surface area contributed by atoms with Crippen LogP contribution in [0.4, 0.5) is 5.69 Å². The molecule has 33 heavy (non-hydrogen) atoms. The van der Waals surface area contributed by atoms with Crippen molar-refractivity contribution in [1.82, 2.24) is 15.1 Å². The predicted octanol–water partition coefficient (Wildman–Crippen LogP) is 4.50. The number of allylic oxidation sites excluding steroid dienone is 1. The molecule has 1 aliphatic heterocycles. The second kappa shape index (κ2) is 10.1. The molecule has 0 fully saturated rings. The number of H-pyrrole nitrogens is 1. The maximum Gasteiger partial charge on any atom is 0.162 e. The van der Waals surface area contributed by atoms with Crippen LogP contribution in [0, 0.1) is 0 Å². The Kier molecular flexibility index (Phi) is 6.75. The molecule has 1 aromatic heterocycles. The van der Waals surface area contributed by atoms with Gasteiger partial charge in [0.1, 0.15) is 0 Å². The number of aromatic nitrogens is 2. The van der Waals surface area contributed by atoms with E-state index in [0.29, 0.717) is 36.1 Å². The van der Waals surface area contributed by atoms with Gasteiger partial charge >= 0.3 is 0 Å². The highest BCUT2D eigenvalue weighted by Gasteiger charge is 2.19. The van der Waals surface area contributed by atoms with Gasteiger partial charge in [0.15, 0.2) is 17.3 Å². The summed E-state index contributed by atoms with van der Waals surface area (Å²) in [4.78, 5) is 6.78. The number of hydrogen-bond donors (Lipinski definition) is 3. The van der Waals surface area contributed by atoms with E-state index in [9.17, 15) is 0 Å². The number of rotatable bonds is 8. The van der Waals surface area contributed by atoms with E-state index in [2.05, 4.69) is 22.1 Å². The molecule has 2 aromatic carbocycles. The van der Waals surface area contributed by atoms with Crippen molar-refractivity contribution in [2.24, 2.45) is 4.99 Å². The third-order valence-corrected chi connectivity index (χ3v) is 5.11. The smallest absolute Gasteiger partial charge is 0.162 e. The van der Waals surface area contributed by atoms with Crippen molar-refractivity contribution >= 4 is 28.1 Å². The van der Waals surface area contributed by atoms with Gasteiger partial charge in [-0.1, -0.05) is 24.8 Å². The number of aliphatic hydroxyl groups is 1.